The molecule has 4 heteroatoms. The van der Waals surface area contributed by atoms with Crippen LogP contribution >= 0.6 is 0 Å². The first-order valence-corrected chi connectivity index (χ1v) is 5.66. The smallest absolute Gasteiger partial charge is 0.121 e. The van der Waals surface area contributed by atoms with Gasteiger partial charge in [0.25, 0.3) is 0 Å². The van der Waals surface area contributed by atoms with Gasteiger partial charge < -0.3 is 10.2 Å². The summed E-state index contributed by atoms with van der Waals surface area (Å²) in [5.74, 6) is 0. The predicted molar refractivity (Wildman–Crippen MR) is 62.8 cm³/mol. The number of hydrogen-bond donors (Lipinski definition) is 2. The molecule has 0 aromatic carbocycles. The van der Waals surface area contributed by atoms with E-state index in [1.165, 1.54) is 0 Å². The Balaban J connectivity index is 4.30. The maximum atomic E-state index is 9.18. The Hall–Kier alpha value is -0.160. The van der Waals surface area contributed by atoms with E-state index < -0.39 is 12.2 Å². The van der Waals surface area contributed by atoms with Crippen LogP contribution in [0.25, 0.3) is 0 Å². The van der Waals surface area contributed by atoms with Crippen molar-refractivity contribution in [3.63, 3.8) is 0 Å². The zero-order chi connectivity index (χ0) is 13.0. The molecule has 2 atom stereocenters. The molecule has 16 heavy (non-hydrogen) atoms. The van der Waals surface area contributed by atoms with Gasteiger partial charge in [0, 0.05) is 0 Å². The summed E-state index contributed by atoms with van der Waals surface area (Å²) in [6, 6.07) is 0. The first kappa shape index (κ1) is 15.8. The van der Waals surface area contributed by atoms with Crippen LogP contribution in [0, 0.1) is 10.8 Å². The third kappa shape index (κ3) is 5.25. The van der Waals surface area contributed by atoms with Crippen molar-refractivity contribution in [2.24, 2.45) is 10.8 Å². The molecule has 0 bridgehead atoms. The minimum atomic E-state index is -0.399. The van der Waals surface area contributed by atoms with E-state index in [4.69, 9.17) is 9.78 Å². The molecule has 0 aromatic heterocycles. The maximum Gasteiger partial charge on any atom is 0.121 e. The standard InChI is InChI=1S/C12H26O4/c1-11(2,3)9(7-13)15-16-10(8-14)12(4,5)6/h9-10,13-14H,7-8H2,1-6H3. The molecule has 2 unspecified atom stereocenters. The summed E-state index contributed by atoms with van der Waals surface area (Å²) in [5.41, 5.74) is -0.403. The fourth-order valence-electron chi connectivity index (χ4n) is 1.03. The largest absolute Gasteiger partial charge is 0.394 e. The Morgan fingerprint density at radius 3 is 1.12 bits per heavy atom. The highest BCUT2D eigenvalue weighted by molar-refractivity contribution is 4.74. The van der Waals surface area contributed by atoms with Gasteiger partial charge in [-0.05, 0) is 10.8 Å². The lowest BCUT2D eigenvalue weighted by atomic mass is 9.89. The molecule has 0 fully saturated rings. The normalized spacial score (nSPS) is 17.2. The van der Waals surface area contributed by atoms with Crippen molar-refractivity contribution < 1.29 is 20.0 Å². The summed E-state index contributed by atoms with van der Waals surface area (Å²) in [6.45, 7) is 11.6. The van der Waals surface area contributed by atoms with E-state index in [0.717, 1.165) is 0 Å². The van der Waals surface area contributed by atoms with Gasteiger partial charge in [0.1, 0.15) is 12.2 Å². The van der Waals surface area contributed by atoms with Crippen LogP contribution in [0.3, 0.4) is 0 Å². The number of aliphatic hydroxyl groups is 2. The Labute approximate surface area is 98.5 Å². The summed E-state index contributed by atoms with van der Waals surface area (Å²) in [4.78, 5) is 10.5. The summed E-state index contributed by atoms with van der Waals surface area (Å²) in [5, 5.41) is 18.4. The average molecular weight is 234 g/mol. The zero-order valence-electron chi connectivity index (χ0n) is 11.3. The second-order valence-electron chi connectivity index (χ2n) is 6.27. The summed E-state index contributed by atoms with van der Waals surface area (Å²) < 4.78 is 0. The zero-order valence-corrected chi connectivity index (χ0v) is 11.3. The van der Waals surface area contributed by atoms with Gasteiger partial charge in [0.05, 0.1) is 13.2 Å². The second kappa shape index (κ2) is 5.96. The fourth-order valence-corrected chi connectivity index (χ4v) is 1.03. The molecular weight excluding hydrogens is 208 g/mol. The highest BCUT2D eigenvalue weighted by Crippen LogP contribution is 2.26. The Bertz CT molecular complexity index is 168. The molecule has 0 aliphatic carbocycles. The van der Waals surface area contributed by atoms with Crippen molar-refractivity contribution >= 4 is 0 Å². The minimum absolute atomic E-state index is 0.105. The van der Waals surface area contributed by atoms with Crippen LogP contribution < -0.4 is 0 Å². The molecule has 4 nitrogen and oxygen atoms in total. The van der Waals surface area contributed by atoms with Crippen LogP contribution in [-0.2, 0) is 9.78 Å². The molecule has 0 aliphatic heterocycles. The second-order valence-corrected chi connectivity index (χ2v) is 6.27. The van der Waals surface area contributed by atoms with E-state index >= 15 is 0 Å². The molecule has 0 aromatic rings. The lowest BCUT2D eigenvalue weighted by Crippen LogP contribution is -2.38. The number of hydrogen-bond acceptors (Lipinski definition) is 4. The van der Waals surface area contributed by atoms with Crippen molar-refractivity contribution in [3.8, 4) is 0 Å². The van der Waals surface area contributed by atoms with E-state index in [-0.39, 0.29) is 24.0 Å². The van der Waals surface area contributed by atoms with Crippen molar-refractivity contribution in [2.45, 2.75) is 53.8 Å². The average Bonchev–Trinajstić information content (AvgIpc) is 2.08. The molecule has 2 N–H and O–H groups in total. The highest BCUT2D eigenvalue weighted by Gasteiger charge is 2.30. The Morgan fingerprint density at radius 1 is 0.750 bits per heavy atom. The van der Waals surface area contributed by atoms with E-state index in [2.05, 4.69) is 0 Å². The van der Waals surface area contributed by atoms with Crippen LogP contribution in [-0.4, -0.2) is 35.6 Å². The van der Waals surface area contributed by atoms with Gasteiger partial charge in [-0.2, -0.15) is 0 Å². The Morgan fingerprint density at radius 2 is 1.00 bits per heavy atom. The monoisotopic (exact) mass is 234 g/mol. The molecule has 0 heterocycles. The number of rotatable bonds is 5. The highest BCUT2D eigenvalue weighted by atomic mass is 17.2. The Kier molecular flexibility index (Phi) is 5.90. The first-order valence-electron chi connectivity index (χ1n) is 5.66. The molecule has 0 rings (SSSR count). The van der Waals surface area contributed by atoms with Gasteiger partial charge in [-0.1, -0.05) is 41.5 Å². The number of aliphatic hydroxyl groups excluding tert-OH is 2. The van der Waals surface area contributed by atoms with E-state index in [9.17, 15) is 10.2 Å². The van der Waals surface area contributed by atoms with Crippen LogP contribution in [0.2, 0.25) is 0 Å². The van der Waals surface area contributed by atoms with E-state index in [1.54, 1.807) is 0 Å². The quantitative estimate of drug-likeness (QED) is 0.562. The lowest BCUT2D eigenvalue weighted by molar-refractivity contribution is -0.385. The van der Waals surface area contributed by atoms with Crippen LogP contribution in [0.5, 0.6) is 0 Å². The molecule has 0 saturated heterocycles. The molecule has 0 aliphatic rings. The third-order valence-electron chi connectivity index (χ3n) is 2.55. The van der Waals surface area contributed by atoms with Crippen molar-refractivity contribution in [3.05, 3.63) is 0 Å². The minimum Gasteiger partial charge on any atom is -0.394 e. The SMILES string of the molecule is CC(C)(C)C(CO)OOC(CO)C(C)(C)C. The van der Waals surface area contributed by atoms with Gasteiger partial charge >= 0.3 is 0 Å². The van der Waals surface area contributed by atoms with Crippen molar-refractivity contribution in [1.29, 1.82) is 0 Å². The molecule has 0 saturated carbocycles. The van der Waals surface area contributed by atoms with Gasteiger partial charge in [0.15, 0.2) is 0 Å². The van der Waals surface area contributed by atoms with Gasteiger partial charge in [0.2, 0.25) is 0 Å². The molecule has 0 amide bonds. The molecule has 0 spiro atoms. The van der Waals surface area contributed by atoms with Crippen LogP contribution in [0.4, 0.5) is 0 Å². The van der Waals surface area contributed by atoms with Crippen molar-refractivity contribution in [2.75, 3.05) is 13.2 Å². The van der Waals surface area contributed by atoms with Gasteiger partial charge in [-0.3, -0.25) is 0 Å². The first-order chi connectivity index (χ1) is 7.12. The topological polar surface area (TPSA) is 58.9 Å². The fraction of sp³-hybridized carbons (Fsp3) is 1.00. The predicted octanol–water partition coefficient (Wildman–Crippen LogP) is 1.75. The molecule has 98 valence electrons. The summed E-state index contributed by atoms with van der Waals surface area (Å²) >= 11 is 0. The van der Waals surface area contributed by atoms with Crippen molar-refractivity contribution in [1.82, 2.24) is 0 Å². The lowest BCUT2D eigenvalue weighted by Gasteiger charge is -2.32. The van der Waals surface area contributed by atoms with E-state index in [0.29, 0.717) is 0 Å². The van der Waals surface area contributed by atoms with Gasteiger partial charge in [-0.15, -0.1) is 0 Å². The van der Waals surface area contributed by atoms with Crippen LogP contribution in [0.15, 0.2) is 0 Å². The molecule has 0 radical (unpaired) electrons. The molecular formula is C12H26O4. The summed E-state index contributed by atoms with van der Waals surface area (Å²) in [7, 11) is 0. The third-order valence-corrected chi connectivity index (χ3v) is 2.55. The summed E-state index contributed by atoms with van der Waals surface area (Å²) in [6.07, 6.45) is -0.798. The van der Waals surface area contributed by atoms with Gasteiger partial charge in [-0.25, -0.2) is 9.78 Å². The van der Waals surface area contributed by atoms with Crippen LogP contribution in [0.1, 0.15) is 41.5 Å². The van der Waals surface area contributed by atoms with E-state index in [1.807, 2.05) is 41.5 Å². The maximum absolute atomic E-state index is 9.18.